The molecule has 88 valence electrons. The molecule has 1 aromatic rings. The molecule has 0 N–H and O–H groups in total. The maximum Gasteiger partial charge on any atom is 0.153 e. The molecular formula is C14H15NO2. The summed E-state index contributed by atoms with van der Waals surface area (Å²) in [6.45, 7) is 0.420. The summed E-state index contributed by atoms with van der Waals surface area (Å²) in [6.07, 6.45) is 2.55. The van der Waals surface area contributed by atoms with Crippen LogP contribution in [-0.2, 0) is 4.79 Å². The molecule has 0 radical (unpaired) electrons. The molecule has 3 nitrogen and oxygen atoms in total. The maximum atomic E-state index is 11.7. The first-order valence-electron chi connectivity index (χ1n) is 5.89. The van der Waals surface area contributed by atoms with Crippen LogP contribution in [0.3, 0.4) is 0 Å². The van der Waals surface area contributed by atoms with Crippen LogP contribution in [-0.4, -0.2) is 12.4 Å². The van der Waals surface area contributed by atoms with Crippen molar-refractivity contribution in [1.82, 2.24) is 0 Å². The van der Waals surface area contributed by atoms with E-state index in [1.165, 1.54) is 0 Å². The minimum absolute atomic E-state index is 0.0802. The van der Waals surface area contributed by atoms with Crippen LogP contribution in [0.1, 0.15) is 25.7 Å². The summed E-state index contributed by atoms with van der Waals surface area (Å²) in [5, 5.41) is 9.16. The SMILES string of the molecule is N#CC1(CCOc2ccccc2)CCCC1=O. The van der Waals surface area contributed by atoms with Gasteiger partial charge in [0.25, 0.3) is 0 Å². The van der Waals surface area contributed by atoms with Crippen molar-refractivity contribution in [2.24, 2.45) is 5.41 Å². The summed E-state index contributed by atoms with van der Waals surface area (Å²) >= 11 is 0. The second-order valence-corrected chi connectivity index (χ2v) is 4.38. The zero-order valence-electron chi connectivity index (χ0n) is 9.69. The number of rotatable bonds is 4. The van der Waals surface area contributed by atoms with Crippen LogP contribution < -0.4 is 4.74 Å². The Balaban J connectivity index is 1.90. The number of para-hydroxylation sites is 1. The van der Waals surface area contributed by atoms with Gasteiger partial charge in [0, 0.05) is 12.8 Å². The van der Waals surface area contributed by atoms with Gasteiger partial charge in [0.2, 0.25) is 0 Å². The summed E-state index contributed by atoms with van der Waals surface area (Å²) in [6, 6.07) is 11.6. The van der Waals surface area contributed by atoms with E-state index in [1.807, 2.05) is 30.3 Å². The third-order valence-electron chi connectivity index (χ3n) is 3.30. The number of ether oxygens (including phenoxy) is 1. The Morgan fingerprint density at radius 1 is 1.35 bits per heavy atom. The zero-order valence-corrected chi connectivity index (χ0v) is 9.69. The molecule has 1 aliphatic carbocycles. The van der Waals surface area contributed by atoms with E-state index in [9.17, 15) is 4.79 Å². The van der Waals surface area contributed by atoms with Gasteiger partial charge >= 0.3 is 0 Å². The largest absolute Gasteiger partial charge is 0.494 e. The van der Waals surface area contributed by atoms with Crippen molar-refractivity contribution < 1.29 is 9.53 Å². The predicted molar refractivity (Wildman–Crippen MR) is 63.5 cm³/mol. The summed E-state index contributed by atoms with van der Waals surface area (Å²) in [4.78, 5) is 11.7. The Morgan fingerprint density at radius 2 is 2.12 bits per heavy atom. The number of carbonyl (C=O) groups is 1. The molecule has 0 saturated heterocycles. The number of benzene rings is 1. The van der Waals surface area contributed by atoms with Gasteiger partial charge in [-0.15, -0.1) is 0 Å². The second-order valence-electron chi connectivity index (χ2n) is 4.38. The Labute approximate surface area is 101 Å². The summed E-state index contributed by atoms with van der Waals surface area (Å²) in [5.41, 5.74) is -0.783. The highest BCUT2D eigenvalue weighted by atomic mass is 16.5. The molecule has 0 spiro atoms. The van der Waals surface area contributed by atoms with Crippen molar-refractivity contribution in [2.45, 2.75) is 25.7 Å². The van der Waals surface area contributed by atoms with E-state index < -0.39 is 5.41 Å². The van der Waals surface area contributed by atoms with E-state index in [4.69, 9.17) is 10.00 Å². The number of hydrogen-bond donors (Lipinski definition) is 0. The number of carbonyl (C=O) groups excluding carboxylic acids is 1. The lowest BCUT2D eigenvalue weighted by Gasteiger charge is -2.18. The van der Waals surface area contributed by atoms with Crippen LogP contribution in [0.2, 0.25) is 0 Å². The standard InChI is InChI=1S/C14H15NO2/c15-11-14(8-4-7-13(14)16)9-10-17-12-5-2-1-3-6-12/h1-3,5-6H,4,7-10H2. The third kappa shape index (κ3) is 2.47. The Kier molecular flexibility index (Phi) is 3.43. The Morgan fingerprint density at radius 3 is 2.71 bits per heavy atom. The molecule has 1 fully saturated rings. The van der Waals surface area contributed by atoms with Crippen LogP contribution in [0, 0.1) is 16.7 Å². The van der Waals surface area contributed by atoms with Crippen LogP contribution >= 0.6 is 0 Å². The number of nitriles is 1. The predicted octanol–water partition coefficient (Wildman–Crippen LogP) is 2.72. The molecule has 0 aliphatic heterocycles. The lowest BCUT2D eigenvalue weighted by molar-refractivity contribution is -0.123. The van der Waals surface area contributed by atoms with Gasteiger partial charge in [0.15, 0.2) is 5.78 Å². The van der Waals surface area contributed by atoms with Crippen LogP contribution in [0.4, 0.5) is 0 Å². The van der Waals surface area contributed by atoms with Crippen LogP contribution in [0.5, 0.6) is 5.75 Å². The van der Waals surface area contributed by atoms with Gasteiger partial charge in [-0.3, -0.25) is 4.79 Å². The van der Waals surface area contributed by atoms with Crippen molar-refractivity contribution in [2.75, 3.05) is 6.61 Å². The quantitative estimate of drug-likeness (QED) is 0.797. The minimum atomic E-state index is -0.783. The second kappa shape index (κ2) is 5.01. The van der Waals surface area contributed by atoms with Gasteiger partial charge in [0.05, 0.1) is 12.7 Å². The molecule has 2 rings (SSSR count). The lowest BCUT2D eigenvalue weighted by atomic mass is 9.84. The molecule has 1 atom stereocenters. The normalized spacial score (nSPS) is 23.4. The monoisotopic (exact) mass is 229 g/mol. The molecule has 1 unspecified atom stereocenters. The molecule has 0 amide bonds. The number of nitrogens with zero attached hydrogens (tertiary/aromatic N) is 1. The van der Waals surface area contributed by atoms with Crippen molar-refractivity contribution in [3.05, 3.63) is 30.3 Å². The van der Waals surface area contributed by atoms with E-state index >= 15 is 0 Å². The average molecular weight is 229 g/mol. The molecule has 1 saturated carbocycles. The Hall–Kier alpha value is -1.82. The highest BCUT2D eigenvalue weighted by Gasteiger charge is 2.41. The highest BCUT2D eigenvalue weighted by Crippen LogP contribution is 2.37. The van der Waals surface area contributed by atoms with E-state index in [0.717, 1.165) is 12.2 Å². The fraction of sp³-hybridized carbons (Fsp3) is 0.429. The molecule has 0 bridgehead atoms. The third-order valence-corrected chi connectivity index (χ3v) is 3.30. The average Bonchev–Trinajstić information content (AvgIpc) is 2.73. The first kappa shape index (κ1) is 11.7. The van der Waals surface area contributed by atoms with Crippen molar-refractivity contribution in [1.29, 1.82) is 5.26 Å². The van der Waals surface area contributed by atoms with E-state index in [1.54, 1.807) is 0 Å². The topological polar surface area (TPSA) is 50.1 Å². The van der Waals surface area contributed by atoms with Crippen LogP contribution in [0.15, 0.2) is 30.3 Å². The number of ketones is 1. The number of hydrogen-bond acceptors (Lipinski definition) is 3. The first-order valence-corrected chi connectivity index (χ1v) is 5.89. The fourth-order valence-corrected chi connectivity index (χ4v) is 2.23. The first-order chi connectivity index (χ1) is 8.27. The summed E-state index contributed by atoms with van der Waals surface area (Å²) in [7, 11) is 0. The van der Waals surface area contributed by atoms with E-state index in [0.29, 0.717) is 25.9 Å². The highest BCUT2D eigenvalue weighted by molar-refractivity contribution is 5.89. The summed E-state index contributed by atoms with van der Waals surface area (Å²) in [5.74, 6) is 0.864. The molecule has 1 aromatic carbocycles. The lowest BCUT2D eigenvalue weighted by Crippen LogP contribution is -2.26. The van der Waals surface area contributed by atoms with Crippen molar-refractivity contribution in [3.63, 3.8) is 0 Å². The number of Topliss-reactive ketones (excluding diaryl/α,β-unsaturated/α-hetero) is 1. The van der Waals surface area contributed by atoms with Crippen molar-refractivity contribution in [3.8, 4) is 11.8 Å². The molecule has 1 aliphatic rings. The van der Waals surface area contributed by atoms with Gasteiger partial charge in [-0.25, -0.2) is 0 Å². The van der Waals surface area contributed by atoms with Gasteiger partial charge in [0.1, 0.15) is 11.2 Å². The molecular weight excluding hydrogens is 214 g/mol. The molecule has 17 heavy (non-hydrogen) atoms. The van der Waals surface area contributed by atoms with Crippen LogP contribution in [0.25, 0.3) is 0 Å². The van der Waals surface area contributed by atoms with Gasteiger partial charge in [-0.1, -0.05) is 18.2 Å². The Bertz CT molecular complexity index is 435. The van der Waals surface area contributed by atoms with E-state index in [-0.39, 0.29) is 5.78 Å². The maximum absolute atomic E-state index is 11.7. The smallest absolute Gasteiger partial charge is 0.153 e. The zero-order chi connectivity index (χ0) is 12.1. The molecule has 3 heteroatoms. The van der Waals surface area contributed by atoms with Crippen molar-refractivity contribution >= 4 is 5.78 Å². The summed E-state index contributed by atoms with van der Waals surface area (Å²) < 4.78 is 5.54. The van der Waals surface area contributed by atoms with Gasteiger partial charge in [-0.2, -0.15) is 5.26 Å². The minimum Gasteiger partial charge on any atom is -0.494 e. The van der Waals surface area contributed by atoms with Gasteiger partial charge in [-0.05, 0) is 25.0 Å². The fourth-order valence-electron chi connectivity index (χ4n) is 2.23. The molecule has 0 heterocycles. The van der Waals surface area contributed by atoms with E-state index in [2.05, 4.69) is 6.07 Å². The van der Waals surface area contributed by atoms with Gasteiger partial charge < -0.3 is 4.74 Å². The molecule has 0 aromatic heterocycles.